The first kappa shape index (κ1) is 10.9. The van der Waals surface area contributed by atoms with Gasteiger partial charge in [0.25, 0.3) is 0 Å². The average molecular weight is 266 g/mol. The van der Waals surface area contributed by atoms with Gasteiger partial charge in [-0.2, -0.15) is 0 Å². The van der Waals surface area contributed by atoms with E-state index in [0.29, 0.717) is 11.6 Å². The molecule has 0 aliphatic rings. The molecule has 0 aromatic carbocycles. The van der Waals surface area contributed by atoms with Crippen LogP contribution in [0.15, 0.2) is 16.7 Å². The van der Waals surface area contributed by atoms with Crippen molar-refractivity contribution in [1.29, 1.82) is 0 Å². The van der Waals surface area contributed by atoms with Gasteiger partial charge in [-0.15, -0.1) is 0 Å². The molecule has 3 nitrogen and oxygen atoms in total. The van der Waals surface area contributed by atoms with Crippen molar-refractivity contribution in [1.82, 2.24) is 4.98 Å². The first-order valence-corrected chi connectivity index (χ1v) is 4.99. The summed E-state index contributed by atoms with van der Waals surface area (Å²) in [6.45, 7) is 0.0708. The molecule has 0 saturated carbocycles. The summed E-state index contributed by atoms with van der Waals surface area (Å²) in [4.78, 5) is 3.94. The molecular weight excluding hydrogens is 255 g/mol. The minimum atomic E-state index is -0.189. The summed E-state index contributed by atoms with van der Waals surface area (Å²) in [6, 6.07) is 1.63. The summed E-state index contributed by atoms with van der Waals surface area (Å²) in [5.74, 6) is 0. The minimum Gasteiger partial charge on any atom is -0.396 e. The highest BCUT2D eigenvalue weighted by molar-refractivity contribution is 9.10. The summed E-state index contributed by atoms with van der Waals surface area (Å²) in [7, 11) is 0. The van der Waals surface area contributed by atoms with E-state index in [0.717, 1.165) is 10.0 Å². The lowest BCUT2D eigenvalue weighted by Crippen LogP contribution is -2.12. The number of hydrogen-bond donors (Lipinski definition) is 2. The Morgan fingerprint density at radius 3 is 2.92 bits per heavy atom. The molecule has 1 heterocycles. The highest BCUT2D eigenvalue weighted by Crippen LogP contribution is 2.23. The maximum atomic E-state index is 8.68. The van der Waals surface area contributed by atoms with Crippen LogP contribution >= 0.6 is 27.5 Å². The summed E-state index contributed by atoms with van der Waals surface area (Å²) in [6.07, 6.45) is 2.14. The number of rotatable bonds is 3. The van der Waals surface area contributed by atoms with Gasteiger partial charge in [-0.05, 0) is 34.0 Å². The Balaban J connectivity index is 2.84. The third-order valence-electron chi connectivity index (χ3n) is 1.69. The van der Waals surface area contributed by atoms with E-state index in [4.69, 9.17) is 22.4 Å². The van der Waals surface area contributed by atoms with Crippen LogP contribution in [0.1, 0.15) is 18.0 Å². The van der Waals surface area contributed by atoms with Crippen molar-refractivity contribution in [2.45, 2.75) is 12.5 Å². The highest BCUT2D eigenvalue weighted by atomic mass is 79.9. The zero-order chi connectivity index (χ0) is 9.84. The Labute approximate surface area is 90.1 Å². The minimum absolute atomic E-state index is 0.0708. The van der Waals surface area contributed by atoms with Crippen LogP contribution in [0.2, 0.25) is 5.15 Å². The van der Waals surface area contributed by atoms with E-state index < -0.39 is 0 Å². The monoisotopic (exact) mass is 264 g/mol. The van der Waals surface area contributed by atoms with Crippen LogP contribution in [0.4, 0.5) is 0 Å². The van der Waals surface area contributed by atoms with E-state index in [1.165, 1.54) is 0 Å². The van der Waals surface area contributed by atoms with Crippen molar-refractivity contribution < 1.29 is 5.11 Å². The maximum Gasteiger partial charge on any atom is 0.143 e. The van der Waals surface area contributed by atoms with Crippen molar-refractivity contribution in [3.63, 3.8) is 0 Å². The van der Waals surface area contributed by atoms with Crippen molar-refractivity contribution in [2.24, 2.45) is 5.73 Å². The number of hydrogen-bond acceptors (Lipinski definition) is 3. The number of aliphatic hydroxyl groups is 1. The van der Waals surface area contributed by atoms with Crippen LogP contribution < -0.4 is 5.73 Å². The van der Waals surface area contributed by atoms with Crippen LogP contribution in [-0.4, -0.2) is 16.7 Å². The van der Waals surface area contributed by atoms with Crippen LogP contribution in [0.25, 0.3) is 0 Å². The van der Waals surface area contributed by atoms with Gasteiger partial charge in [0.1, 0.15) is 5.15 Å². The van der Waals surface area contributed by atoms with E-state index in [9.17, 15) is 0 Å². The number of aromatic nitrogens is 1. The van der Waals surface area contributed by atoms with Crippen molar-refractivity contribution in [2.75, 3.05) is 6.61 Å². The third-order valence-corrected chi connectivity index (χ3v) is 2.82. The molecule has 1 rings (SSSR count). The normalized spacial score (nSPS) is 12.9. The van der Waals surface area contributed by atoms with Gasteiger partial charge in [-0.1, -0.05) is 11.6 Å². The van der Waals surface area contributed by atoms with Crippen molar-refractivity contribution in [3.05, 3.63) is 27.5 Å². The van der Waals surface area contributed by atoms with E-state index >= 15 is 0 Å². The van der Waals surface area contributed by atoms with Gasteiger partial charge in [0.2, 0.25) is 0 Å². The molecule has 0 radical (unpaired) electrons. The second-order valence-corrected chi connectivity index (χ2v) is 3.87. The van der Waals surface area contributed by atoms with Crippen LogP contribution in [0.3, 0.4) is 0 Å². The number of aliphatic hydroxyl groups excluding tert-OH is 1. The lowest BCUT2D eigenvalue weighted by Gasteiger charge is -2.10. The molecule has 0 spiro atoms. The topological polar surface area (TPSA) is 59.1 Å². The predicted molar refractivity (Wildman–Crippen MR) is 55.6 cm³/mol. The van der Waals surface area contributed by atoms with Gasteiger partial charge in [-0.25, -0.2) is 4.98 Å². The molecule has 0 aliphatic heterocycles. The van der Waals surface area contributed by atoms with Gasteiger partial charge < -0.3 is 10.8 Å². The quantitative estimate of drug-likeness (QED) is 0.821. The summed E-state index contributed by atoms with van der Waals surface area (Å²) < 4.78 is 0.722. The fourth-order valence-corrected chi connectivity index (χ4v) is 1.41. The number of halogens is 2. The SMILES string of the molecule is N[C@H](CCO)c1cnc(Cl)c(Br)c1. The molecule has 1 atom stereocenters. The average Bonchev–Trinajstić information content (AvgIpc) is 2.10. The first-order chi connectivity index (χ1) is 6.15. The molecule has 1 aromatic rings. The molecule has 0 unspecified atom stereocenters. The van der Waals surface area contributed by atoms with Gasteiger partial charge in [0, 0.05) is 18.8 Å². The lowest BCUT2D eigenvalue weighted by molar-refractivity contribution is 0.276. The fraction of sp³-hybridized carbons (Fsp3) is 0.375. The molecule has 0 saturated heterocycles. The van der Waals surface area contributed by atoms with E-state index in [2.05, 4.69) is 20.9 Å². The molecule has 0 fully saturated rings. The summed E-state index contributed by atoms with van der Waals surface area (Å²) in [5.41, 5.74) is 6.63. The number of pyridine rings is 1. The molecule has 0 bridgehead atoms. The zero-order valence-electron chi connectivity index (χ0n) is 6.87. The molecule has 5 heteroatoms. The Bertz CT molecular complexity index is 295. The number of nitrogens with two attached hydrogens (primary N) is 1. The molecule has 0 amide bonds. The Morgan fingerprint density at radius 2 is 2.38 bits per heavy atom. The standard InChI is InChI=1S/C8H10BrClN2O/c9-6-3-5(4-12-8(6)10)7(11)1-2-13/h3-4,7,13H,1-2,11H2/t7-/m1/s1. The van der Waals surface area contributed by atoms with Crippen molar-refractivity contribution >= 4 is 27.5 Å². The van der Waals surface area contributed by atoms with Crippen molar-refractivity contribution in [3.8, 4) is 0 Å². The summed E-state index contributed by atoms with van der Waals surface area (Å²) in [5, 5.41) is 9.10. The Kier molecular flexibility index (Phi) is 4.12. The predicted octanol–water partition coefficient (Wildman–Crippen LogP) is 1.88. The summed E-state index contributed by atoms with van der Waals surface area (Å²) >= 11 is 8.97. The maximum absolute atomic E-state index is 8.68. The molecular formula is C8H10BrClN2O. The second kappa shape index (κ2) is 4.91. The Morgan fingerprint density at radius 1 is 1.69 bits per heavy atom. The largest absolute Gasteiger partial charge is 0.396 e. The van der Waals surface area contributed by atoms with Crippen LogP contribution in [0.5, 0.6) is 0 Å². The first-order valence-electron chi connectivity index (χ1n) is 3.82. The van der Waals surface area contributed by atoms with E-state index in [-0.39, 0.29) is 12.6 Å². The van der Waals surface area contributed by atoms with Gasteiger partial charge in [-0.3, -0.25) is 0 Å². The molecule has 13 heavy (non-hydrogen) atoms. The molecule has 1 aromatic heterocycles. The van der Waals surface area contributed by atoms with Gasteiger partial charge in [0.05, 0.1) is 4.47 Å². The molecule has 3 N–H and O–H groups in total. The lowest BCUT2D eigenvalue weighted by atomic mass is 10.1. The van der Waals surface area contributed by atoms with E-state index in [1.807, 2.05) is 6.07 Å². The van der Waals surface area contributed by atoms with E-state index in [1.54, 1.807) is 6.20 Å². The smallest absolute Gasteiger partial charge is 0.143 e. The molecule has 0 aliphatic carbocycles. The fourth-order valence-electron chi connectivity index (χ4n) is 0.945. The van der Waals surface area contributed by atoms with Gasteiger partial charge in [0.15, 0.2) is 0 Å². The Hall–Kier alpha value is -0.160. The van der Waals surface area contributed by atoms with Crippen LogP contribution in [-0.2, 0) is 0 Å². The van der Waals surface area contributed by atoms with Crippen LogP contribution in [0, 0.1) is 0 Å². The molecule has 72 valence electrons. The van der Waals surface area contributed by atoms with Gasteiger partial charge >= 0.3 is 0 Å². The number of nitrogens with zero attached hydrogens (tertiary/aromatic N) is 1. The third kappa shape index (κ3) is 2.91. The second-order valence-electron chi connectivity index (χ2n) is 2.66. The zero-order valence-corrected chi connectivity index (χ0v) is 9.22. The highest BCUT2D eigenvalue weighted by Gasteiger charge is 2.07.